The lowest BCUT2D eigenvalue weighted by atomic mass is 10.1. The lowest BCUT2D eigenvalue weighted by Gasteiger charge is -2.15. The van der Waals surface area contributed by atoms with Gasteiger partial charge in [-0.1, -0.05) is 48.9 Å². The van der Waals surface area contributed by atoms with E-state index in [0.29, 0.717) is 10.8 Å². The van der Waals surface area contributed by atoms with Crippen LogP contribution in [0, 0.1) is 6.92 Å². The summed E-state index contributed by atoms with van der Waals surface area (Å²) < 4.78 is 5.69. The van der Waals surface area contributed by atoms with Crippen molar-refractivity contribution >= 4 is 23.2 Å². The molecule has 0 radical (unpaired) electrons. The quantitative estimate of drug-likeness (QED) is 0.625. The molecule has 0 fully saturated rings. The van der Waals surface area contributed by atoms with Crippen LogP contribution < -0.4 is 10.2 Å². The topological polar surface area (TPSA) is 50.7 Å². The smallest absolute Gasteiger partial charge is 0.280 e. The van der Waals surface area contributed by atoms with Gasteiger partial charge < -0.3 is 4.74 Å². The highest BCUT2D eigenvalue weighted by molar-refractivity contribution is 6.30. The van der Waals surface area contributed by atoms with Crippen molar-refractivity contribution in [3.05, 3.63) is 64.7 Å². The van der Waals surface area contributed by atoms with Crippen LogP contribution >= 0.6 is 11.6 Å². The highest BCUT2D eigenvalue weighted by atomic mass is 35.5. The van der Waals surface area contributed by atoms with Crippen molar-refractivity contribution < 1.29 is 9.53 Å². The first-order valence-electron chi connectivity index (χ1n) is 7.86. The van der Waals surface area contributed by atoms with Crippen molar-refractivity contribution in [1.82, 2.24) is 5.43 Å². The van der Waals surface area contributed by atoms with Gasteiger partial charge in [0.1, 0.15) is 5.75 Å². The second kappa shape index (κ2) is 8.50. The number of halogens is 1. The molecule has 0 aliphatic heterocycles. The molecule has 5 heteroatoms. The Morgan fingerprint density at radius 2 is 1.96 bits per heavy atom. The molecule has 0 heterocycles. The maximum absolute atomic E-state index is 12.2. The normalized spacial score (nSPS) is 12.6. The van der Waals surface area contributed by atoms with E-state index in [1.54, 1.807) is 25.1 Å². The van der Waals surface area contributed by atoms with E-state index in [4.69, 9.17) is 16.3 Å². The number of carbonyl (C=O) groups is 1. The van der Waals surface area contributed by atoms with Crippen LogP contribution in [-0.2, 0) is 4.79 Å². The number of amides is 1. The summed E-state index contributed by atoms with van der Waals surface area (Å²) in [4.78, 5) is 12.2. The monoisotopic (exact) mass is 344 g/mol. The second-order valence-electron chi connectivity index (χ2n) is 5.42. The second-order valence-corrected chi connectivity index (χ2v) is 5.86. The molecule has 2 aromatic rings. The van der Waals surface area contributed by atoms with Crippen molar-refractivity contribution in [2.24, 2.45) is 5.10 Å². The summed E-state index contributed by atoms with van der Waals surface area (Å²) in [6.07, 6.45) is 0.0537. The van der Waals surface area contributed by atoms with Gasteiger partial charge in [0.15, 0.2) is 6.10 Å². The van der Waals surface area contributed by atoms with Crippen LogP contribution in [0.25, 0.3) is 0 Å². The molecular weight excluding hydrogens is 324 g/mol. The lowest BCUT2D eigenvalue weighted by Crippen LogP contribution is -2.34. The highest BCUT2D eigenvalue weighted by Gasteiger charge is 2.15. The maximum Gasteiger partial charge on any atom is 0.280 e. The zero-order chi connectivity index (χ0) is 17.5. The van der Waals surface area contributed by atoms with E-state index < -0.39 is 6.10 Å². The number of hydrogen-bond acceptors (Lipinski definition) is 3. The van der Waals surface area contributed by atoms with Gasteiger partial charge in [0.2, 0.25) is 0 Å². The van der Waals surface area contributed by atoms with Gasteiger partial charge >= 0.3 is 0 Å². The summed E-state index contributed by atoms with van der Waals surface area (Å²) in [7, 11) is 0. The van der Waals surface area contributed by atoms with Gasteiger partial charge in [0.25, 0.3) is 5.91 Å². The number of aryl methyl sites for hydroxylation is 1. The molecule has 1 atom stereocenters. The van der Waals surface area contributed by atoms with Gasteiger partial charge in [-0.15, -0.1) is 0 Å². The van der Waals surface area contributed by atoms with Crippen LogP contribution in [0.15, 0.2) is 53.6 Å². The molecule has 2 rings (SSSR count). The number of ether oxygens (including phenoxy) is 1. The van der Waals surface area contributed by atoms with Crippen molar-refractivity contribution in [2.45, 2.75) is 33.3 Å². The first-order chi connectivity index (χ1) is 11.5. The highest BCUT2D eigenvalue weighted by Crippen LogP contribution is 2.22. The third-order valence-electron chi connectivity index (χ3n) is 3.55. The minimum absolute atomic E-state index is 0.300. The Bertz CT molecular complexity index is 729. The lowest BCUT2D eigenvalue weighted by molar-refractivity contribution is -0.127. The minimum atomic E-state index is -0.664. The minimum Gasteiger partial charge on any atom is -0.481 e. The summed E-state index contributed by atoms with van der Waals surface area (Å²) in [6, 6.07) is 15.0. The SMILES string of the molecule is CC/C(=N\NC(=O)C(C)Oc1ccc(Cl)cc1C)c1ccccc1. The van der Waals surface area contributed by atoms with E-state index in [2.05, 4.69) is 10.5 Å². The molecule has 2 aromatic carbocycles. The Morgan fingerprint density at radius 1 is 1.25 bits per heavy atom. The third-order valence-corrected chi connectivity index (χ3v) is 3.79. The van der Waals surface area contributed by atoms with Crippen molar-refractivity contribution in [2.75, 3.05) is 0 Å². The van der Waals surface area contributed by atoms with Gasteiger partial charge in [0, 0.05) is 5.02 Å². The van der Waals surface area contributed by atoms with E-state index in [1.165, 1.54) is 0 Å². The van der Waals surface area contributed by atoms with Crippen LogP contribution in [0.3, 0.4) is 0 Å². The first-order valence-corrected chi connectivity index (χ1v) is 8.23. The number of nitrogens with zero attached hydrogens (tertiary/aromatic N) is 1. The predicted molar refractivity (Wildman–Crippen MR) is 97.7 cm³/mol. The van der Waals surface area contributed by atoms with E-state index in [1.807, 2.05) is 44.2 Å². The van der Waals surface area contributed by atoms with Gasteiger partial charge in [0.05, 0.1) is 5.71 Å². The predicted octanol–water partition coefficient (Wildman–Crippen LogP) is 4.35. The summed E-state index contributed by atoms with van der Waals surface area (Å²) in [5.74, 6) is 0.330. The number of benzene rings is 2. The van der Waals surface area contributed by atoms with Crippen molar-refractivity contribution in [3.8, 4) is 5.75 Å². The molecule has 0 saturated carbocycles. The average molecular weight is 345 g/mol. The van der Waals surface area contributed by atoms with E-state index >= 15 is 0 Å². The molecule has 0 aromatic heterocycles. The zero-order valence-electron chi connectivity index (χ0n) is 14.0. The van der Waals surface area contributed by atoms with Crippen molar-refractivity contribution in [3.63, 3.8) is 0 Å². The number of nitrogens with one attached hydrogen (secondary N) is 1. The first kappa shape index (κ1) is 18.0. The molecule has 0 bridgehead atoms. The maximum atomic E-state index is 12.2. The summed E-state index contributed by atoms with van der Waals surface area (Å²) in [5.41, 5.74) is 5.27. The largest absolute Gasteiger partial charge is 0.481 e. The zero-order valence-corrected chi connectivity index (χ0v) is 14.8. The van der Waals surface area contributed by atoms with E-state index in [9.17, 15) is 4.79 Å². The number of hydrogen-bond donors (Lipinski definition) is 1. The van der Waals surface area contributed by atoms with Gasteiger partial charge in [-0.3, -0.25) is 4.79 Å². The van der Waals surface area contributed by atoms with Crippen LogP contribution in [0.2, 0.25) is 5.02 Å². The molecule has 126 valence electrons. The van der Waals surface area contributed by atoms with Crippen LogP contribution in [0.5, 0.6) is 5.75 Å². The molecule has 0 spiro atoms. The van der Waals surface area contributed by atoms with E-state index in [-0.39, 0.29) is 5.91 Å². The molecule has 4 nitrogen and oxygen atoms in total. The Morgan fingerprint density at radius 3 is 2.58 bits per heavy atom. The molecular formula is C19H21ClN2O2. The average Bonchev–Trinajstić information content (AvgIpc) is 2.58. The van der Waals surface area contributed by atoms with E-state index in [0.717, 1.165) is 23.3 Å². The Hall–Kier alpha value is -2.33. The molecule has 0 aliphatic rings. The molecule has 0 saturated heterocycles. The van der Waals surface area contributed by atoms with Gasteiger partial charge in [-0.2, -0.15) is 5.10 Å². The van der Waals surface area contributed by atoms with Crippen LogP contribution in [0.1, 0.15) is 31.4 Å². The van der Waals surface area contributed by atoms with Gasteiger partial charge in [-0.25, -0.2) is 5.43 Å². The van der Waals surface area contributed by atoms with Crippen LogP contribution in [-0.4, -0.2) is 17.7 Å². The molecule has 0 aliphatic carbocycles. The summed E-state index contributed by atoms with van der Waals surface area (Å²) in [6.45, 7) is 5.57. The fourth-order valence-electron chi connectivity index (χ4n) is 2.18. The Kier molecular flexibility index (Phi) is 6.38. The molecule has 1 unspecified atom stereocenters. The van der Waals surface area contributed by atoms with Gasteiger partial charge in [-0.05, 0) is 49.6 Å². The van der Waals surface area contributed by atoms with Crippen molar-refractivity contribution in [1.29, 1.82) is 0 Å². The fraction of sp³-hybridized carbons (Fsp3) is 0.263. The standard InChI is InChI=1S/C19H21ClN2O2/c1-4-17(15-8-6-5-7-9-15)21-22-19(23)14(3)24-18-11-10-16(20)12-13(18)2/h5-12,14H,4H2,1-3H3,(H,22,23)/b21-17+. The number of hydrazone groups is 1. The third kappa shape index (κ3) is 4.83. The molecule has 1 amide bonds. The molecule has 1 N–H and O–H groups in total. The fourth-order valence-corrected chi connectivity index (χ4v) is 2.41. The van der Waals surface area contributed by atoms with Crippen LogP contribution in [0.4, 0.5) is 0 Å². The number of carbonyl (C=O) groups excluding carboxylic acids is 1. The Labute approximate surface area is 147 Å². The Balaban J connectivity index is 2.01. The summed E-state index contributed by atoms with van der Waals surface area (Å²) >= 11 is 5.92. The summed E-state index contributed by atoms with van der Waals surface area (Å²) in [5, 5.41) is 4.86. The number of rotatable bonds is 6. The molecule has 24 heavy (non-hydrogen) atoms.